The standard InChI is InChI=1S/C18H29OSi.3C6H5.Sn/c1-15(2)20(16(3)4,17(5)6)19-14-10-13-18-11-8-7-9-12-18;3*1-2-4-6-5-3-1;/h7-9,11-13,15-17H,14H2,1-6H3;3*1-5H;. The third kappa shape index (κ3) is 6.03. The Kier molecular flexibility index (Phi) is 10.1. The number of rotatable bonds is 11. The topological polar surface area (TPSA) is 9.23 Å². The third-order valence-electron chi connectivity index (χ3n) is 8.43. The molecule has 0 aliphatic rings. The Morgan fingerprint density at radius 3 is 1.23 bits per heavy atom. The normalized spacial score (nSPS) is 12.9. The van der Waals surface area contributed by atoms with Crippen molar-refractivity contribution >= 4 is 43.5 Å². The quantitative estimate of drug-likeness (QED) is 0.151. The second-order valence-electron chi connectivity index (χ2n) is 11.5. The zero-order valence-electron chi connectivity index (χ0n) is 24.5. The predicted octanol–water partition coefficient (Wildman–Crippen LogP) is 7.97. The fourth-order valence-corrected chi connectivity index (χ4v) is 26.5. The molecule has 0 aliphatic heterocycles. The molecule has 0 saturated heterocycles. The van der Waals surface area contributed by atoms with Crippen molar-refractivity contribution in [2.75, 3.05) is 6.61 Å². The first kappa shape index (κ1) is 29.6. The Morgan fingerprint density at radius 2 is 0.897 bits per heavy atom. The van der Waals surface area contributed by atoms with Gasteiger partial charge in [-0.1, -0.05) is 0 Å². The first-order valence-corrected chi connectivity index (χ1v) is 22.2. The van der Waals surface area contributed by atoms with Crippen LogP contribution in [-0.4, -0.2) is 33.3 Å². The van der Waals surface area contributed by atoms with Crippen LogP contribution in [0.3, 0.4) is 0 Å². The van der Waals surface area contributed by atoms with Gasteiger partial charge in [0.2, 0.25) is 0 Å². The van der Waals surface area contributed by atoms with Gasteiger partial charge in [0.15, 0.2) is 0 Å². The van der Waals surface area contributed by atoms with Crippen molar-refractivity contribution in [1.82, 2.24) is 0 Å². The molecule has 0 amide bonds. The summed E-state index contributed by atoms with van der Waals surface area (Å²) in [6.07, 6.45) is 2.48. The van der Waals surface area contributed by atoms with Gasteiger partial charge in [-0.2, -0.15) is 0 Å². The Bertz CT molecular complexity index is 1200. The monoisotopic (exact) mass is 640 g/mol. The van der Waals surface area contributed by atoms with Crippen LogP contribution in [0.5, 0.6) is 0 Å². The average molecular weight is 640 g/mol. The van der Waals surface area contributed by atoms with Crippen LogP contribution in [0.2, 0.25) is 16.6 Å². The van der Waals surface area contributed by atoms with E-state index in [0.717, 1.165) is 0 Å². The van der Waals surface area contributed by atoms with Gasteiger partial charge in [0.25, 0.3) is 0 Å². The molecule has 0 bridgehead atoms. The Hall–Kier alpha value is -2.40. The van der Waals surface area contributed by atoms with E-state index in [-0.39, 0.29) is 0 Å². The van der Waals surface area contributed by atoms with E-state index in [4.69, 9.17) is 4.43 Å². The summed E-state index contributed by atoms with van der Waals surface area (Å²) in [4.78, 5) is 0. The van der Waals surface area contributed by atoms with Crippen LogP contribution < -0.4 is 10.7 Å². The van der Waals surface area contributed by atoms with E-state index in [0.29, 0.717) is 23.2 Å². The SMILES string of the molecule is CC(C)[Si](OC/[C](=C/c1ccccc1)[Sn]([c]1ccccc1)([c]1ccccc1)[c]1ccccc1)(C(C)C)C(C)C. The molecular weight excluding hydrogens is 595 g/mol. The third-order valence-corrected chi connectivity index (χ3v) is 28.3. The molecule has 0 atom stereocenters. The van der Waals surface area contributed by atoms with Crippen LogP contribution in [0, 0.1) is 0 Å². The molecule has 202 valence electrons. The molecule has 0 radical (unpaired) electrons. The Labute approximate surface area is 242 Å². The summed E-state index contributed by atoms with van der Waals surface area (Å²) < 4.78 is 13.3. The predicted molar refractivity (Wildman–Crippen MR) is 175 cm³/mol. The van der Waals surface area contributed by atoms with Crippen LogP contribution in [0.25, 0.3) is 6.08 Å². The molecule has 0 aliphatic carbocycles. The van der Waals surface area contributed by atoms with Gasteiger partial charge in [0, 0.05) is 0 Å². The van der Waals surface area contributed by atoms with Crippen LogP contribution in [-0.2, 0) is 4.43 Å². The van der Waals surface area contributed by atoms with Gasteiger partial charge in [0.05, 0.1) is 0 Å². The van der Waals surface area contributed by atoms with Gasteiger partial charge >= 0.3 is 243 Å². The molecule has 0 fully saturated rings. The molecule has 0 aromatic heterocycles. The first-order chi connectivity index (χ1) is 18.8. The summed E-state index contributed by atoms with van der Waals surface area (Å²) in [5.74, 6) is 0. The number of hydrogen-bond donors (Lipinski definition) is 0. The van der Waals surface area contributed by atoms with E-state index in [9.17, 15) is 0 Å². The summed E-state index contributed by atoms with van der Waals surface area (Å²) in [7, 11) is -2.10. The molecule has 1 nitrogen and oxygen atoms in total. The van der Waals surface area contributed by atoms with Crippen molar-refractivity contribution < 1.29 is 4.43 Å². The van der Waals surface area contributed by atoms with Crippen molar-refractivity contribution in [1.29, 1.82) is 0 Å². The van der Waals surface area contributed by atoms with Gasteiger partial charge in [-0.3, -0.25) is 0 Å². The second kappa shape index (κ2) is 13.3. The van der Waals surface area contributed by atoms with Crippen molar-refractivity contribution in [2.45, 2.75) is 58.2 Å². The maximum absolute atomic E-state index is 7.44. The van der Waals surface area contributed by atoms with Crippen molar-refractivity contribution in [3.63, 3.8) is 0 Å². The van der Waals surface area contributed by atoms with E-state index in [2.05, 4.69) is 169 Å². The Morgan fingerprint density at radius 1 is 0.564 bits per heavy atom. The molecule has 0 N–H and O–H groups in total. The molecular formula is C36H44OSiSn. The van der Waals surface area contributed by atoms with Gasteiger partial charge < -0.3 is 0 Å². The van der Waals surface area contributed by atoms with E-state index in [1.807, 2.05) is 0 Å². The first-order valence-electron chi connectivity index (χ1n) is 14.4. The van der Waals surface area contributed by atoms with E-state index < -0.39 is 26.7 Å². The van der Waals surface area contributed by atoms with Crippen molar-refractivity contribution in [3.8, 4) is 0 Å². The molecule has 0 unspecified atom stereocenters. The zero-order valence-corrected chi connectivity index (χ0v) is 28.3. The molecule has 4 aromatic carbocycles. The fraction of sp³-hybridized carbons (Fsp3) is 0.278. The van der Waals surface area contributed by atoms with E-state index in [1.165, 1.54) is 19.9 Å². The van der Waals surface area contributed by atoms with Gasteiger partial charge in [-0.25, -0.2) is 0 Å². The summed E-state index contributed by atoms with van der Waals surface area (Å²) >= 11 is -3.79. The Balaban J connectivity index is 2.05. The summed E-state index contributed by atoms with van der Waals surface area (Å²) in [5.41, 5.74) is 2.84. The number of benzene rings is 4. The molecule has 4 aromatic rings. The maximum atomic E-state index is 7.44. The summed E-state index contributed by atoms with van der Waals surface area (Å²) in [6.45, 7) is 15.0. The molecule has 0 heterocycles. The molecule has 4 rings (SSSR count). The average Bonchev–Trinajstić information content (AvgIpc) is 2.95. The number of hydrogen-bond acceptors (Lipinski definition) is 1. The molecule has 3 heteroatoms. The van der Waals surface area contributed by atoms with Gasteiger partial charge in [-0.15, -0.1) is 0 Å². The van der Waals surface area contributed by atoms with E-state index in [1.54, 1.807) is 0 Å². The minimum absolute atomic E-state index is 0.533. The van der Waals surface area contributed by atoms with Gasteiger partial charge in [0.1, 0.15) is 0 Å². The van der Waals surface area contributed by atoms with Crippen molar-refractivity contribution in [3.05, 3.63) is 130 Å². The van der Waals surface area contributed by atoms with Gasteiger partial charge in [-0.05, 0) is 0 Å². The fourth-order valence-electron chi connectivity index (χ4n) is 6.83. The van der Waals surface area contributed by atoms with Crippen molar-refractivity contribution in [2.24, 2.45) is 0 Å². The van der Waals surface area contributed by atoms with Crippen LogP contribution in [0.1, 0.15) is 47.1 Å². The second-order valence-corrected chi connectivity index (χ2v) is 28.1. The summed E-state index contributed by atoms with van der Waals surface area (Å²) in [5, 5.41) is 0. The van der Waals surface area contributed by atoms with Crippen LogP contribution in [0.4, 0.5) is 0 Å². The molecule has 0 saturated carbocycles. The van der Waals surface area contributed by atoms with Crippen LogP contribution in [0.15, 0.2) is 125 Å². The van der Waals surface area contributed by atoms with E-state index >= 15 is 0 Å². The minimum atomic E-state index is -3.79. The zero-order chi connectivity index (χ0) is 27.9. The molecule has 39 heavy (non-hydrogen) atoms. The van der Waals surface area contributed by atoms with Crippen LogP contribution >= 0.6 is 0 Å². The summed E-state index contributed by atoms with van der Waals surface area (Å²) in [6, 6.07) is 44.7. The molecule has 0 spiro atoms.